The second-order valence-electron chi connectivity index (χ2n) is 3.27. The first-order valence-electron chi connectivity index (χ1n) is 5.07. The minimum atomic E-state index is 0.812. The van der Waals surface area contributed by atoms with Gasteiger partial charge in [0.2, 0.25) is 0 Å². The predicted octanol–water partition coefficient (Wildman–Crippen LogP) is 3.17. The summed E-state index contributed by atoms with van der Waals surface area (Å²) in [5.74, 6) is 1.81. The highest BCUT2D eigenvalue weighted by molar-refractivity contribution is 14.1. The highest BCUT2D eigenvalue weighted by atomic mass is 127. The second kappa shape index (κ2) is 5.58. The van der Waals surface area contributed by atoms with Gasteiger partial charge in [0.05, 0.1) is 3.57 Å². The van der Waals surface area contributed by atoms with Crippen molar-refractivity contribution in [2.75, 3.05) is 11.9 Å². The fourth-order valence-corrected chi connectivity index (χ4v) is 2.50. The van der Waals surface area contributed by atoms with Crippen molar-refractivity contribution in [2.45, 2.75) is 13.3 Å². The topological polar surface area (TPSA) is 37.8 Å². The maximum absolute atomic E-state index is 4.51. The molecule has 0 radical (unpaired) electrons. The number of nitrogens with one attached hydrogen (secondary N) is 1. The van der Waals surface area contributed by atoms with Crippen LogP contribution in [0.4, 0.5) is 5.82 Å². The van der Waals surface area contributed by atoms with Crippen molar-refractivity contribution in [2.24, 2.45) is 0 Å². The van der Waals surface area contributed by atoms with E-state index in [1.54, 1.807) is 11.3 Å². The monoisotopic (exact) mass is 345 g/mol. The lowest BCUT2D eigenvalue weighted by Gasteiger charge is -2.06. The third-order valence-corrected chi connectivity index (χ3v) is 3.72. The van der Waals surface area contributed by atoms with E-state index in [4.69, 9.17) is 0 Å². The molecule has 3 nitrogen and oxygen atoms in total. The van der Waals surface area contributed by atoms with Crippen molar-refractivity contribution in [3.05, 3.63) is 38.0 Å². The van der Waals surface area contributed by atoms with Crippen molar-refractivity contribution in [3.8, 4) is 0 Å². The van der Waals surface area contributed by atoms with E-state index < -0.39 is 0 Å². The Kier molecular flexibility index (Phi) is 4.11. The molecule has 1 N–H and O–H groups in total. The standard InChI is InChI=1S/C11H12IN3S/c1-2-13-11-9(12)7-14-10(15-11)6-8-4-3-5-16-8/h3-5,7H,2,6H2,1H3,(H,13,14,15). The van der Waals surface area contributed by atoms with Gasteiger partial charge in [-0.2, -0.15) is 0 Å². The lowest BCUT2D eigenvalue weighted by Crippen LogP contribution is -2.05. The summed E-state index contributed by atoms with van der Waals surface area (Å²) in [6.07, 6.45) is 2.68. The Morgan fingerprint density at radius 1 is 1.50 bits per heavy atom. The maximum atomic E-state index is 4.51. The zero-order chi connectivity index (χ0) is 11.4. The van der Waals surface area contributed by atoms with E-state index in [1.807, 2.05) is 6.20 Å². The Morgan fingerprint density at radius 2 is 2.38 bits per heavy atom. The molecule has 2 heterocycles. The highest BCUT2D eigenvalue weighted by Gasteiger charge is 2.05. The molecule has 0 aliphatic heterocycles. The van der Waals surface area contributed by atoms with Crippen LogP contribution in [0.15, 0.2) is 23.7 Å². The molecule has 2 aromatic rings. The summed E-state index contributed by atoms with van der Waals surface area (Å²) in [7, 11) is 0. The maximum Gasteiger partial charge on any atom is 0.143 e. The van der Waals surface area contributed by atoms with Gasteiger partial charge >= 0.3 is 0 Å². The van der Waals surface area contributed by atoms with Gasteiger partial charge < -0.3 is 5.32 Å². The van der Waals surface area contributed by atoms with Gasteiger partial charge in [0.25, 0.3) is 0 Å². The summed E-state index contributed by atoms with van der Waals surface area (Å²) in [5.41, 5.74) is 0. The minimum absolute atomic E-state index is 0.812. The van der Waals surface area contributed by atoms with Crippen LogP contribution in [0.25, 0.3) is 0 Å². The Balaban J connectivity index is 2.19. The van der Waals surface area contributed by atoms with Crippen LogP contribution in [0, 0.1) is 3.57 Å². The van der Waals surface area contributed by atoms with Crippen molar-refractivity contribution in [1.29, 1.82) is 0 Å². The van der Waals surface area contributed by atoms with E-state index in [9.17, 15) is 0 Å². The number of thiophene rings is 1. The summed E-state index contributed by atoms with van der Waals surface area (Å²) < 4.78 is 1.06. The molecule has 0 unspecified atom stereocenters. The number of nitrogens with zero attached hydrogens (tertiary/aromatic N) is 2. The molecule has 5 heteroatoms. The Bertz CT molecular complexity index is 456. The van der Waals surface area contributed by atoms with Gasteiger partial charge in [-0.3, -0.25) is 0 Å². The molecule has 0 aliphatic carbocycles. The fourth-order valence-electron chi connectivity index (χ4n) is 1.35. The number of rotatable bonds is 4. The van der Waals surface area contributed by atoms with E-state index in [-0.39, 0.29) is 0 Å². The normalized spacial score (nSPS) is 10.4. The molecular formula is C11H12IN3S. The van der Waals surface area contributed by atoms with E-state index >= 15 is 0 Å². The van der Waals surface area contributed by atoms with Crippen LogP contribution in [-0.2, 0) is 6.42 Å². The van der Waals surface area contributed by atoms with E-state index in [0.717, 1.165) is 28.2 Å². The molecule has 0 aliphatic rings. The van der Waals surface area contributed by atoms with E-state index in [1.165, 1.54) is 4.88 Å². The molecule has 0 saturated carbocycles. The van der Waals surface area contributed by atoms with Crippen LogP contribution < -0.4 is 5.32 Å². The predicted molar refractivity (Wildman–Crippen MR) is 76.0 cm³/mol. The highest BCUT2D eigenvalue weighted by Crippen LogP contribution is 2.17. The number of anilines is 1. The molecular weight excluding hydrogens is 333 g/mol. The zero-order valence-electron chi connectivity index (χ0n) is 8.90. The molecule has 2 aromatic heterocycles. The number of aromatic nitrogens is 2. The molecule has 0 atom stereocenters. The first-order chi connectivity index (χ1) is 7.79. The minimum Gasteiger partial charge on any atom is -0.369 e. The summed E-state index contributed by atoms with van der Waals surface area (Å²) in [5, 5.41) is 5.32. The largest absolute Gasteiger partial charge is 0.369 e. The first kappa shape index (κ1) is 11.8. The zero-order valence-corrected chi connectivity index (χ0v) is 11.9. The number of hydrogen-bond donors (Lipinski definition) is 1. The van der Waals surface area contributed by atoms with E-state index in [0.29, 0.717) is 0 Å². The molecule has 0 spiro atoms. The quantitative estimate of drug-likeness (QED) is 0.865. The van der Waals surface area contributed by atoms with Crippen molar-refractivity contribution < 1.29 is 0 Å². The van der Waals surface area contributed by atoms with Crippen molar-refractivity contribution in [3.63, 3.8) is 0 Å². The van der Waals surface area contributed by atoms with Gasteiger partial charge in [-0.15, -0.1) is 11.3 Å². The molecule has 0 amide bonds. The Hall–Kier alpha value is -0.690. The molecule has 0 fully saturated rings. The lowest BCUT2D eigenvalue weighted by atomic mass is 10.3. The Labute approximate surface area is 112 Å². The van der Waals surface area contributed by atoms with Gasteiger partial charge in [-0.25, -0.2) is 9.97 Å². The van der Waals surface area contributed by atoms with Gasteiger partial charge in [0.15, 0.2) is 0 Å². The van der Waals surface area contributed by atoms with Crippen molar-refractivity contribution in [1.82, 2.24) is 9.97 Å². The first-order valence-corrected chi connectivity index (χ1v) is 7.03. The second-order valence-corrected chi connectivity index (χ2v) is 5.46. The molecule has 84 valence electrons. The SMILES string of the molecule is CCNc1nc(Cc2cccs2)ncc1I. The van der Waals surface area contributed by atoms with Crippen LogP contribution in [0.1, 0.15) is 17.6 Å². The van der Waals surface area contributed by atoms with Crippen LogP contribution in [-0.4, -0.2) is 16.5 Å². The average Bonchev–Trinajstić information content (AvgIpc) is 2.76. The smallest absolute Gasteiger partial charge is 0.143 e. The summed E-state index contributed by atoms with van der Waals surface area (Å²) in [6.45, 7) is 2.95. The molecule has 0 saturated heterocycles. The van der Waals surface area contributed by atoms with Crippen LogP contribution in [0.2, 0.25) is 0 Å². The van der Waals surface area contributed by atoms with Gasteiger partial charge in [0.1, 0.15) is 11.6 Å². The lowest BCUT2D eigenvalue weighted by molar-refractivity contribution is 0.966. The number of halogens is 1. The average molecular weight is 345 g/mol. The number of hydrogen-bond acceptors (Lipinski definition) is 4. The molecule has 0 aromatic carbocycles. The summed E-state index contributed by atoms with van der Waals surface area (Å²) in [6, 6.07) is 4.16. The van der Waals surface area contributed by atoms with Gasteiger partial charge in [0, 0.05) is 24.0 Å². The third kappa shape index (κ3) is 2.91. The Morgan fingerprint density at radius 3 is 3.06 bits per heavy atom. The van der Waals surface area contributed by atoms with Crippen LogP contribution >= 0.6 is 33.9 Å². The molecule has 2 rings (SSSR count). The van der Waals surface area contributed by atoms with Gasteiger partial charge in [-0.05, 0) is 41.0 Å². The fraction of sp³-hybridized carbons (Fsp3) is 0.273. The summed E-state index contributed by atoms with van der Waals surface area (Å²) >= 11 is 3.98. The third-order valence-electron chi connectivity index (χ3n) is 2.05. The molecule has 0 bridgehead atoms. The summed E-state index contributed by atoms with van der Waals surface area (Å²) in [4.78, 5) is 10.2. The van der Waals surface area contributed by atoms with Crippen molar-refractivity contribution >= 4 is 39.7 Å². The van der Waals surface area contributed by atoms with E-state index in [2.05, 4.69) is 62.3 Å². The van der Waals surface area contributed by atoms with Gasteiger partial charge in [-0.1, -0.05) is 6.07 Å². The molecule has 16 heavy (non-hydrogen) atoms. The van der Waals surface area contributed by atoms with Crippen LogP contribution in [0.5, 0.6) is 0 Å². The van der Waals surface area contributed by atoms with Crippen LogP contribution in [0.3, 0.4) is 0 Å².